The molecule has 7 heteroatoms. The van der Waals surface area contributed by atoms with Crippen molar-refractivity contribution in [2.75, 3.05) is 38.1 Å². The first-order valence-corrected chi connectivity index (χ1v) is 10.2. The molecule has 1 aliphatic heterocycles. The highest BCUT2D eigenvalue weighted by Gasteiger charge is 2.25. The Morgan fingerprint density at radius 1 is 1.03 bits per heavy atom. The van der Waals surface area contributed by atoms with Crippen molar-refractivity contribution in [1.29, 1.82) is 0 Å². The van der Waals surface area contributed by atoms with Gasteiger partial charge in [0, 0.05) is 37.9 Å². The molecule has 0 unspecified atom stereocenters. The predicted octanol–water partition coefficient (Wildman–Crippen LogP) is 3.64. The van der Waals surface area contributed by atoms with Crippen molar-refractivity contribution in [3.63, 3.8) is 0 Å². The SMILES string of the molecule is CCCCCOc1ccc(C(=O)N2CCN(C(=O)Nc3cccnc3)CC2)cc1. The molecule has 2 aromatic rings. The van der Waals surface area contributed by atoms with Crippen molar-refractivity contribution in [1.82, 2.24) is 14.8 Å². The number of carbonyl (C=O) groups excluding carboxylic acids is 2. The number of piperazine rings is 1. The van der Waals surface area contributed by atoms with Gasteiger partial charge in [0.15, 0.2) is 0 Å². The zero-order valence-electron chi connectivity index (χ0n) is 16.8. The Labute approximate surface area is 171 Å². The number of hydrogen-bond acceptors (Lipinski definition) is 4. The minimum Gasteiger partial charge on any atom is -0.494 e. The van der Waals surface area contributed by atoms with Gasteiger partial charge in [0.1, 0.15) is 5.75 Å². The van der Waals surface area contributed by atoms with Gasteiger partial charge in [-0.15, -0.1) is 0 Å². The van der Waals surface area contributed by atoms with Crippen molar-refractivity contribution in [3.8, 4) is 5.75 Å². The van der Waals surface area contributed by atoms with E-state index in [-0.39, 0.29) is 11.9 Å². The fraction of sp³-hybridized carbons (Fsp3) is 0.409. The molecule has 3 amide bonds. The number of hydrogen-bond donors (Lipinski definition) is 1. The molecule has 1 saturated heterocycles. The minimum atomic E-state index is -0.172. The van der Waals surface area contributed by atoms with Crippen LogP contribution in [0.15, 0.2) is 48.8 Å². The normalized spacial score (nSPS) is 13.8. The van der Waals surface area contributed by atoms with E-state index < -0.39 is 0 Å². The van der Waals surface area contributed by atoms with Gasteiger partial charge in [-0.2, -0.15) is 0 Å². The Kier molecular flexibility index (Phi) is 7.44. The van der Waals surface area contributed by atoms with Gasteiger partial charge in [0.25, 0.3) is 5.91 Å². The summed E-state index contributed by atoms with van der Waals surface area (Å²) in [6, 6.07) is 10.7. The number of benzene rings is 1. The van der Waals surface area contributed by atoms with Gasteiger partial charge >= 0.3 is 6.03 Å². The number of amides is 3. The van der Waals surface area contributed by atoms with Crippen molar-refractivity contribution < 1.29 is 14.3 Å². The van der Waals surface area contributed by atoms with Crippen molar-refractivity contribution in [2.24, 2.45) is 0 Å². The largest absolute Gasteiger partial charge is 0.494 e. The summed E-state index contributed by atoms with van der Waals surface area (Å²) >= 11 is 0. The van der Waals surface area contributed by atoms with Gasteiger partial charge < -0.3 is 19.9 Å². The number of carbonyl (C=O) groups is 2. The van der Waals surface area contributed by atoms with E-state index in [4.69, 9.17) is 4.74 Å². The molecule has 1 aliphatic rings. The second-order valence-corrected chi connectivity index (χ2v) is 7.03. The van der Waals surface area contributed by atoms with E-state index in [0.717, 1.165) is 25.0 Å². The molecule has 0 bridgehead atoms. The number of urea groups is 1. The third-order valence-corrected chi connectivity index (χ3v) is 4.88. The first kappa shape index (κ1) is 20.6. The van der Waals surface area contributed by atoms with Gasteiger partial charge in [-0.05, 0) is 42.8 Å². The van der Waals surface area contributed by atoms with Crippen LogP contribution in [0.25, 0.3) is 0 Å². The summed E-state index contributed by atoms with van der Waals surface area (Å²) in [5.74, 6) is 0.768. The molecule has 0 saturated carbocycles. The van der Waals surface area contributed by atoms with E-state index in [1.807, 2.05) is 12.1 Å². The Hall–Kier alpha value is -3.09. The summed E-state index contributed by atoms with van der Waals surface area (Å²) in [6.45, 7) is 4.87. The molecule has 0 atom stereocenters. The van der Waals surface area contributed by atoms with Crippen LogP contribution in [0.5, 0.6) is 5.75 Å². The molecule has 0 radical (unpaired) electrons. The molecule has 3 rings (SSSR count). The topological polar surface area (TPSA) is 74.8 Å². The maximum absolute atomic E-state index is 12.7. The maximum Gasteiger partial charge on any atom is 0.322 e. The van der Waals surface area contributed by atoms with Gasteiger partial charge in [0.2, 0.25) is 0 Å². The van der Waals surface area contributed by atoms with E-state index >= 15 is 0 Å². The standard InChI is InChI=1S/C22H28N4O3/c1-2-3-4-16-29-20-9-7-18(8-10-20)21(27)25-12-14-26(15-13-25)22(28)24-19-6-5-11-23-17-19/h5-11,17H,2-4,12-16H2,1H3,(H,24,28). The Balaban J connectivity index is 1.46. The van der Waals surface area contributed by atoms with Crippen LogP contribution in [0.3, 0.4) is 0 Å². The summed E-state index contributed by atoms with van der Waals surface area (Å²) in [6.07, 6.45) is 6.62. The van der Waals surface area contributed by atoms with Crippen molar-refractivity contribution in [2.45, 2.75) is 26.2 Å². The number of anilines is 1. The Bertz CT molecular complexity index is 787. The quantitative estimate of drug-likeness (QED) is 0.725. The molecular formula is C22H28N4O3. The van der Waals surface area contributed by atoms with Gasteiger partial charge in [-0.1, -0.05) is 19.8 Å². The highest BCUT2D eigenvalue weighted by molar-refractivity contribution is 5.94. The third kappa shape index (κ3) is 5.94. The Morgan fingerprint density at radius 2 is 1.76 bits per heavy atom. The van der Waals surface area contributed by atoms with E-state index in [9.17, 15) is 9.59 Å². The van der Waals surface area contributed by atoms with Gasteiger partial charge in [0.05, 0.1) is 18.5 Å². The van der Waals surface area contributed by atoms with Crippen molar-refractivity contribution in [3.05, 3.63) is 54.4 Å². The van der Waals surface area contributed by atoms with Crippen LogP contribution in [0.1, 0.15) is 36.5 Å². The second-order valence-electron chi connectivity index (χ2n) is 7.03. The number of nitrogens with zero attached hydrogens (tertiary/aromatic N) is 3. The average Bonchev–Trinajstić information content (AvgIpc) is 2.77. The molecule has 0 aliphatic carbocycles. The number of nitrogens with one attached hydrogen (secondary N) is 1. The highest BCUT2D eigenvalue weighted by atomic mass is 16.5. The Morgan fingerprint density at radius 3 is 2.41 bits per heavy atom. The number of ether oxygens (including phenoxy) is 1. The molecule has 1 N–H and O–H groups in total. The number of unbranched alkanes of at least 4 members (excludes halogenated alkanes) is 2. The summed E-state index contributed by atoms with van der Waals surface area (Å²) in [4.78, 5) is 32.6. The summed E-state index contributed by atoms with van der Waals surface area (Å²) in [5, 5.41) is 2.83. The monoisotopic (exact) mass is 396 g/mol. The molecule has 2 heterocycles. The predicted molar refractivity (Wildman–Crippen MR) is 112 cm³/mol. The van der Waals surface area contributed by atoms with Crippen LogP contribution in [-0.4, -0.2) is 59.5 Å². The van der Waals surface area contributed by atoms with E-state index in [1.54, 1.807) is 46.5 Å². The molecule has 154 valence electrons. The third-order valence-electron chi connectivity index (χ3n) is 4.88. The van der Waals surface area contributed by atoms with Crippen molar-refractivity contribution >= 4 is 17.6 Å². The maximum atomic E-state index is 12.7. The molecule has 29 heavy (non-hydrogen) atoms. The van der Waals surface area contributed by atoms with Crippen LogP contribution in [-0.2, 0) is 0 Å². The number of pyridine rings is 1. The lowest BCUT2D eigenvalue weighted by molar-refractivity contribution is 0.0671. The first-order chi connectivity index (χ1) is 14.2. The molecule has 0 spiro atoms. The lowest BCUT2D eigenvalue weighted by Gasteiger charge is -2.34. The second kappa shape index (κ2) is 10.5. The van der Waals surface area contributed by atoms with Crippen LogP contribution in [0.2, 0.25) is 0 Å². The summed E-state index contributed by atoms with van der Waals surface area (Å²) < 4.78 is 5.70. The fourth-order valence-electron chi connectivity index (χ4n) is 3.17. The average molecular weight is 396 g/mol. The van der Waals surface area contributed by atoms with Crippen LogP contribution in [0.4, 0.5) is 10.5 Å². The van der Waals surface area contributed by atoms with Crippen LogP contribution >= 0.6 is 0 Å². The van der Waals surface area contributed by atoms with E-state index in [2.05, 4.69) is 17.2 Å². The number of aromatic nitrogens is 1. The lowest BCUT2D eigenvalue weighted by Crippen LogP contribution is -2.51. The highest BCUT2D eigenvalue weighted by Crippen LogP contribution is 2.16. The van der Waals surface area contributed by atoms with E-state index in [1.165, 1.54) is 0 Å². The zero-order valence-corrected chi connectivity index (χ0v) is 16.8. The van der Waals surface area contributed by atoms with Gasteiger partial charge in [-0.3, -0.25) is 9.78 Å². The lowest BCUT2D eigenvalue weighted by atomic mass is 10.1. The minimum absolute atomic E-state index is 0.0187. The fourth-order valence-corrected chi connectivity index (χ4v) is 3.17. The molecule has 1 aromatic carbocycles. The summed E-state index contributed by atoms with van der Waals surface area (Å²) in [7, 11) is 0. The van der Waals surface area contributed by atoms with Gasteiger partial charge in [-0.25, -0.2) is 4.79 Å². The van der Waals surface area contributed by atoms with E-state index in [0.29, 0.717) is 44.0 Å². The molecule has 1 fully saturated rings. The first-order valence-electron chi connectivity index (χ1n) is 10.2. The molecular weight excluding hydrogens is 368 g/mol. The smallest absolute Gasteiger partial charge is 0.322 e. The number of rotatable bonds is 7. The molecule has 7 nitrogen and oxygen atoms in total. The molecule has 1 aromatic heterocycles. The van der Waals surface area contributed by atoms with Crippen LogP contribution in [0, 0.1) is 0 Å². The van der Waals surface area contributed by atoms with Crippen LogP contribution < -0.4 is 10.1 Å². The summed E-state index contributed by atoms with van der Waals surface area (Å²) in [5.41, 5.74) is 1.30. The zero-order chi connectivity index (χ0) is 20.5.